The van der Waals surface area contributed by atoms with Crippen LogP contribution in [0.4, 0.5) is 11.4 Å². The molecule has 0 radical (unpaired) electrons. The Morgan fingerprint density at radius 3 is 2.20 bits per heavy atom. The van der Waals surface area contributed by atoms with Gasteiger partial charge in [0.05, 0.1) is 22.9 Å². The third-order valence-electron chi connectivity index (χ3n) is 4.88. The Kier molecular flexibility index (Phi) is 5.09. The highest BCUT2D eigenvalue weighted by Gasteiger charge is 2.40. The molecule has 1 N–H and O–H groups in total. The number of aryl methyl sites for hydroxylation is 1. The summed E-state index contributed by atoms with van der Waals surface area (Å²) >= 11 is 6.00. The van der Waals surface area contributed by atoms with E-state index in [2.05, 4.69) is 5.32 Å². The molecule has 1 heterocycles. The van der Waals surface area contributed by atoms with Crippen LogP contribution in [0.3, 0.4) is 0 Å². The Bertz CT molecular complexity index is 1220. The van der Waals surface area contributed by atoms with Crippen molar-refractivity contribution in [1.29, 1.82) is 5.26 Å². The van der Waals surface area contributed by atoms with Gasteiger partial charge in [0.1, 0.15) is 5.70 Å². The molecule has 4 rings (SSSR count). The van der Waals surface area contributed by atoms with Gasteiger partial charge in [-0.1, -0.05) is 41.9 Å². The fraction of sp³-hybridized carbons (Fsp3) is 0.0417. The van der Waals surface area contributed by atoms with Crippen LogP contribution < -0.4 is 10.2 Å². The molecule has 30 heavy (non-hydrogen) atoms. The number of carbonyl (C=O) groups is 2. The predicted molar refractivity (Wildman–Crippen MR) is 117 cm³/mol. The van der Waals surface area contributed by atoms with E-state index in [-0.39, 0.29) is 11.3 Å². The first-order valence-corrected chi connectivity index (χ1v) is 9.59. The number of nitriles is 1. The van der Waals surface area contributed by atoms with Crippen molar-refractivity contribution in [3.05, 3.63) is 100 Å². The number of imide groups is 1. The van der Waals surface area contributed by atoms with Crippen LogP contribution in [0.5, 0.6) is 0 Å². The molecule has 2 amide bonds. The van der Waals surface area contributed by atoms with E-state index in [0.29, 0.717) is 21.8 Å². The zero-order valence-corrected chi connectivity index (χ0v) is 16.8. The van der Waals surface area contributed by atoms with E-state index in [1.165, 1.54) is 0 Å². The Hall–Kier alpha value is -3.88. The highest BCUT2D eigenvalue weighted by atomic mass is 35.5. The summed E-state index contributed by atoms with van der Waals surface area (Å²) < 4.78 is 0. The van der Waals surface area contributed by atoms with Gasteiger partial charge in [-0.2, -0.15) is 5.26 Å². The summed E-state index contributed by atoms with van der Waals surface area (Å²) in [6.07, 6.45) is 0. The fourth-order valence-corrected chi connectivity index (χ4v) is 3.42. The maximum absolute atomic E-state index is 13.4. The summed E-state index contributed by atoms with van der Waals surface area (Å²) in [5.74, 6) is -0.902. The van der Waals surface area contributed by atoms with Gasteiger partial charge in [0.25, 0.3) is 11.8 Å². The SMILES string of the molecule is Cc1ccccc1NC1=C(c2ccc(Cl)cc2)C(=O)N(c2ccc(C#N)cc2)C1=O. The number of nitrogens with zero attached hydrogens (tertiary/aromatic N) is 2. The number of hydrogen-bond donors (Lipinski definition) is 1. The number of para-hydroxylation sites is 1. The highest BCUT2D eigenvalue weighted by Crippen LogP contribution is 2.34. The zero-order chi connectivity index (χ0) is 21.3. The quantitative estimate of drug-likeness (QED) is 0.616. The second-order valence-corrected chi connectivity index (χ2v) is 7.24. The van der Waals surface area contributed by atoms with E-state index < -0.39 is 11.8 Å². The Labute approximate surface area is 178 Å². The second kappa shape index (κ2) is 7.86. The van der Waals surface area contributed by atoms with Gasteiger partial charge in [-0.3, -0.25) is 9.59 Å². The monoisotopic (exact) mass is 413 g/mol. The van der Waals surface area contributed by atoms with Crippen LogP contribution in [0.1, 0.15) is 16.7 Å². The van der Waals surface area contributed by atoms with Gasteiger partial charge in [0, 0.05) is 10.7 Å². The number of amides is 2. The standard InChI is InChI=1S/C24H16ClN3O2/c1-15-4-2-3-5-20(15)27-22-21(17-8-10-18(25)11-9-17)23(29)28(24(22)30)19-12-6-16(14-26)7-13-19/h2-13,27H,1H3. The van der Waals surface area contributed by atoms with Crippen molar-refractivity contribution in [1.82, 2.24) is 0 Å². The molecule has 0 saturated heterocycles. The van der Waals surface area contributed by atoms with Crippen LogP contribution in [0.25, 0.3) is 5.57 Å². The van der Waals surface area contributed by atoms with E-state index >= 15 is 0 Å². The number of carbonyl (C=O) groups excluding carboxylic acids is 2. The molecule has 0 spiro atoms. The van der Waals surface area contributed by atoms with Crippen molar-refractivity contribution in [2.45, 2.75) is 6.92 Å². The molecule has 0 aromatic heterocycles. The van der Waals surface area contributed by atoms with Gasteiger partial charge in [0.2, 0.25) is 0 Å². The minimum Gasteiger partial charge on any atom is -0.350 e. The third kappa shape index (κ3) is 3.45. The number of hydrogen-bond acceptors (Lipinski definition) is 4. The minimum atomic E-state index is -0.460. The molecule has 1 aliphatic rings. The van der Waals surface area contributed by atoms with Crippen molar-refractivity contribution < 1.29 is 9.59 Å². The summed E-state index contributed by atoms with van der Waals surface area (Å²) in [5.41, 5.74) is 3.58. The van der Waals surface area contributed by atoms with Gasteiger partial charge in [-0.05, 0) is 60.5 Å². The van der Waals surface area contributed by atoms with Crippen molar-refractivity contribution in [2.75, 3.05) is 10.2 Å². The van der Waals surface area contributed by atoms with Crippen LogP contribution in [-0.2, 0) is 9.59 Å². The van der Waals surface area contributed by atoms with Crippen LogP contribution in [0.2, 0.25) is 5.02 Å². The Balaban J connectivity index is 1.82. The number of rotatable bonds is 4. The van der Waals surface area contributed by atoms with Crippen LogP contribution in [-0.4, -0.2) is 11.8 Å². The zero-order valence-electron chi connectivity index (χ0n) is 16.0. The van der Waals surface area contributed by atoms with Crippen molar-refractivity contribution >= 4 is 40.4 Å². The summed E-state index contributed by atoms with van der Waals surface area (Å²) in [5, 5.41) is 12.7. The van der Waals surface area contributed by atoms with Gasteiger partial charge in [-0.25, -0.2) is 4.90 Å². The van der Waals surface area contributed by atoms with Gasteiger partial charge >= 0.3 is 0 Å². The lowest BCUT2D eigenvalue weighted by Crippen LogP contribution is -2.32. The van der Waals surface area contributed by atoms with E-state index in [1.54, 1.807) is 48.5 Å². The number of nitrogens with one attached hydrogen (secondary N) is 1. The summed E-state index contributed by atoms with van der Waals surface area (Å²) in [6, 6.07) is 22.7. The average molecular weight is 414 g/mol. The van der Waals surface area contributed by atoms with Gasteiger partial charge in [0.15, 0.2) is 0 Å². The molecule has 5 nitrogen and oxygen atoms in total. The summed E-state index contributed by atoms with van der Waals surface area (Å²) in [6.45, 7) is 1.92. The van der Waals surface area contributed by atoms with E-state index in [0.717, 1.165) is 16.2 Å². The maximum atomic E-state index is 13.4. The van der Waals surface area contributed by atoms with Crippen LogP contribution in [0, 0.1) is 18.3 Å². The molecule has 3 aromatic rings. The molecule has 6 heteroatoms. The lowest BCUT2D eigenvalue weighted by atomic mass is 10.0. The first-order valence-electron chi connectivity index (χ1n) is 9.21. The topological polar surface area (TPSA) is 73.2 Å². The maximum Gasteiger partial charge on any atom is 0.282 e. The van der Waals surface area contributed by atoms with Crippen molar-refractivity contribution in [3.8, 4) is 6.07 Å². The first kappa shape index (κ1) is 19.4. The summed E-state index contributed by atoms with van der Waals surface area (Å²) in [4.78, 5) is 27.8. The normalized spacial score (nSPS) is 13.6. The largest absolute Gasteiger partial charge is 0.350 e. The summed E-state index contributed by atoms with van der Waals surface area (Å²) in [7, 11) is 0. The molecule has 1 aliphatic heterocycles. The average Bonchev–Trinajstić information content (AvgIpc) is 3.00. The lowest BCUT2D eigenvalue weighted by Gasteiger charge is -2.15. The molecular weight excluding hydrogens is 398 g/mol. The molecular formula is C24H16ClN3O2. The minimum absolute atomic E-state index is 0.195. The van der Waals surface area contributed by atoms with E-state index in [9.17, 15) is 9.59 Å². The molecule has 0 bridgehead atoms. The lowest BCUT2D eigenvalue weighted by molar-refractivity contribution is -0.120. The van der Waals surface area contributed by atoms with Crippen molar-refractivity contribution in [2.24, 2.45) is 0 Å². The number of halogens is 1. The molecule has 0 aliphatic carbocycles. The first-order chi connectivity index (χ1) is 14.5. The van der Waals surface area contributed by atoms with E-state index in [4.69, 9.17) is 16.9 Å². The number of benzene rings is 3. The molecule has 0 fully saturated rings. The molecule has 0 unspecified atom stereocenters. The predicted octanol–water partition coefficient (Wildman–Crippen LogP) is 4.92. The molecule has 0 atom stereocenters. The molecule has 0 saturated carbocycles. The Morgan fingerprint density at radius 2 is 1.57 bits per heavy atom. The van der Waals surface area contributed by atoms with Gasteiger partial charge in [-0.15, -0.1) is 0 Å². The highest BCUT2D eigenvalue weighted by molar-refractivity contribution is 6.46. The number of anilines is 2. The third-order valence-corrected chi connectivity index (χ3v) is 5.13. The smallest absolute Gasteiger partial charge is 0.282 e. The van der Waals surface area contributed by atoms with Crippen molar-refractivity contribution in [3.63, 3.8) is 0 Å². The second-order valence-electron chi connectivity index (χ2n) is 6.80. The van der Waals surface area contributed by atoms with Gasteiger partial charge < -0.3 is 5.32 Å². The molecule has 146 valence electrons. The van der Waals surface area contributed by atoms with Crippen LogP contribution in [0.15, 0.2) is 78.5 Å². The van der Waals surface area contributed by atoms with E-state index in [1.807, 2.05) is 37.3 Å². The Morgan fingerprint density at radius 1 is 0.900 bits per heavy atom. The van der Waals surface area contributed by atoms with Crippen LogP contribution >= 0.6 is 11.6 Å². The fourth-order valence-electron chi connectivity index (χ4n) is 3.30. The molecule has 3 aromatic carbocycles.